The fraction of sp³-hybridized carbons (Fsp3) is 0.471. The van der Waals surface area contributed by atoms with Crippen molar-refractivity contribution in [1.82, 2.24) is 0 Å². The van der Waals surface area contributed by atoms with Crippen molar-refractivity contribution in [3.8, 4) is 0 Å². The third-order valence-corrected chi connectivity index (χ3v) is 5.03. The summed E-state index contributed by atoms with van der Waals surface area (Å²) >= 11 is 0. The van der Waals surface area contributed by atoms with Crippen LogP contribution in [0.15, 0.2) is 29.3 Å². The van der Waals surface area contributed by atoms with Gasteiger partial charge in [-0.2, -0.15) is 4.99 Å². The molecule has 2 fully saturated rings. The van der Waals surface area contributed by atoms with Crippen LogP contribution < -0.4 is 16.8 Å². The Balaban J connectivity index is 1.92. The van der Waals surface area contributed by atoms with Gasteiger partial charge in [0, 0.05) is 12.6 Å². The first-order chi connectivity index (χ1) is 11.0. The molecule has 2 unspecified atom stereocenters. The molecule has 0 aliphatic heterocycles. The van der Waals surface area contributed by atoms with E-state index in [0.717, 1.165) is 30.5 Å². The monoisotopic (exact) mass is 314 g/mol. The predicted octanol–water partition coefficient (Wildman–Crippen LogP) is 1.57. The van der Waals surface area contributed by atoms with Gasteiger partial charge in [0.05, 0.1) is 5.92 Å². The van der Waals surface area contributed by atoms with Gasteiger partial charge in [-0.15, -0.1) is 0 Å². The van der Waals surface area contributed by atoms with Gasteiger partial charge in [0.25, 0.3) is 5.91 Å². The van der Waals surface area contributed by atoms with Crippen LogP contribution in [0.2, 0.25) is 0 Å². The molecule has 6 heteroatoms. The number of fused-ring (bicyclic) bond motifs is 2. The van der Waals surface area contributed by atoms with Gasteiger partial charge in [-0.25, -0.2) is 0 Å². The number of nitrogens with one attached hydrogen (secondary N) is 1. The number of guanidine groups is 1. The highest BCUT2D eigenvalue weighted by molar-refractivity contribution is 5.93. The topological polar surface area (TPSA) is 111 Å². The van der Waals surface area contributed by atoms with Crippen LogP contribution in [0.25, 0.3) is 0 Å². The first-order valence-electron chi connectivity index (χ1n) is 7.96. The lowest BCUT2D eigenvalue weighted by molar-refractivity contribution is -0.123. The predicted molar refractivity (Wildman–Crippen MR) is 88.6 cm³/mol. The van der Waals surface area contributed by atoms with Crippen molar-refractivity contribution >= 4 is 23.5 Å². The quantitative estimate of drug-likeness (QED) is 0.581. The molecule has 0 saturated heterocycles. The number of benzene rings is 1. The molecule has 122 valence electrons. The molecular formula is C17H22N4O2. The highest BCUT2D eigenvalue weighted by atomic mass is 16.2. The van der Waals surface area contributed by atoms with E-state index in [9.17, 15) is 9.59 Å². The van der Waals surface area contributed by atoms with Crippen molar-refractivity contribution in [3.63, 3.8) is 0 Å². The van der Waals surface area contributed by atoms with Crippen LogP contribution in [0.3, 0.4) is 0 Å². The molecule has 5 N–H and O–H groups in total. The fourth-order valence-electron chi connectivity index (χ4n) is 4.36. The fourth-order valence-corrected chi connectivity index (χ4v) is 4.36. The Morgan fingerprint density at radius 1 is 1.22 bits per heavy atom. The number of amides is 2. The average molecular weight is 314 g/mol. The van der Waals surface area contributed by atoms with Crippen molar-refractivity contribution < 1.29 is 9.59 Å². The Morgan fingerprint density at radius 2 is 1.96 bits per heavy atom. The van der Waals surface area contributed by atoms with E-state index >= 15 is 0 Å². The molecule has 6 nitrogen and oxygen atoms in total. The van der Waals surface area contributed by atoms with Gasteiger partial charge >= 0.3 is 0 Å². The van der Waals surface area contributed by atoms with E-state index in [-0.39, 0.29) is 29.6 Å². The maximum absolute atomic E-state index is 12.5. The first-order valence-corrected chi connectivity index (χ1v) is 7.96. The Hall–Kier alpha value is -2.37. The Labute approximate surface area is 135 Å². The van der Waals surface area contributed by atoms with Crippen molar-refractivity contribution in [3.05, 3.63) is 29.8 Å². The van der Waals surface area contributed by atoms with Crippen molar-refractivity contribution in [2.24, 2.45) is 34.2 Å². The molecule has 2 aliphatic rings. The molecule has 1 aromatic rings. The summed E-state index contributed by atoms with van der Waals surface area (Å²) in [4.78, 5) is 27.5. The Bertz CT molecular complexity index is 666. The lowest BCUT2D eigenvalue weighted by Crippen LogP contribution is -2.31. The zero-order valence-electron chi connectivity index (χ0n) is 13.2. The van der Waals surface area contributed by atoms with Gasteiger partial charge in [0.15, 0.2) is 5.96 Å². The summed E-state index contributed by atoms with van der Waals surface area (Å²) in [7, 11) is 0. The van der Waals surface area contributed by atoms with Gasteiger partial charge < -0.3 is 16.8 Å². The van der Waals surface area contributed by atoms with Crippen molar-refractivity contribution in [2.45, 2.75) is 32.1 Å². The summed E-state index contributed by atoms with van der Waals surface area (Å²) in [6, 6.07) is 7.74. The third kappa shape index (κ3) is 3.06. The molecule has 2 bridgehead atoms. The highest BCUT2D eigenvalue weighted by Gasteiger charge is 2.51. The highest BCUT2D eigenvalue weighted by Crippen LogP contribution is 2.57. The number of carbonyl (C=O) groups excluding carboxylic acids is 2. The normalized spacial score (nSPS) is 28.4. The summed E-state index contributed by atoms with van der Waals surface area (Å²) < 4.78 is 0. The summed E-state index contributed by atoms with van der Waals surface area (Å²) in [5, 5.41) is 2.80. The van der Waals surface area contributed by atoms with Crippen LogP contribution >= 0.6 is 0 Å². The number of carbonyl (C=O) groups is 2. The molecule has 2 amide bonds. The first kappa shape index (κ1) is 15.5. The number of rotatable bonds is 3. The van der Waals surface area contributed by atoms with Crippen LogP contribution in [0.1, 0.15) is 37.7 Å². The molecule has 1 aromatic carbocycles. The van der Waals surface area contributed by atoms with E-state index in [0.29, 0.717) is 11.8 Å². The number of aliphatic imine (C=N–C) groups is 1. The second kappa shape index (κ2) is 6.02. The van der Waals surface area contributed by atoms with Gasteiger partial charge in [-0.3, -0.25) is 9.59 Å². The number of nitrogens with two attached hydrogens (primary N) is 2. The Morgan fingerprint density at radius 3 is 2.65 bits per heavy atom. The van der Waals surface area contributed by atoms with Gasteiger partial charge in [0.2, 0.25) is 5.91 Å². The van der Waals surface area contributed by atoms with E-state index in [2.05, 4.69) is 10.3 Å². The third-order valence-electron chi connectivity index (χ3n) is 5.03. The van der Waals surface area contributed by atoms with Crippen molar-refractivity contribution in [1.29, 1.82) is 0 Å². The summed E-state index contributed by atoms with van der Waals surface area (Å²) in [6.45, 7) is 1.48. The second-order valence-electron chi connectivity index (χ2n) is 6.57. The molecule has 4 atom stereocenters. The standard InChI is InChI=1S/C17H22N4O2/c1-9(22)20-13-4-2-3-10(8-13)14-11-5-6-12(7-11)15(14)16(23)21-17(18)19/h2-4,8,11-12,14-15H,5-7H2,1H3,(H,20,22)(H4,18,19,21,23)/t11?,12?,14-,15-/m1/s1. The number of hydrogen-bond acceptors (Lipinski definition) is 2. The number of nitrogens with zero attached hydrogens (tertiary/aromatic N) is 1. The lowest BCUT2D eigenvalue weighted by atomic mass is 9.75. The number of hydrogen-bond donors (Lipinski definition) is 3. The van der Waals surface area contributed by atoms with Crippen LogP contribution in [0, 0.1) is 17.8 Å². The van der Waals surface area contributed by atoms with Crippen LogP contribution in [0.4, 0.5) is 5.69 Å². The van der Waals surface area contributed by atoms with E-state index in [1.165, 1.54) is 6.92 Å². The molecule has 2 saturated carbocycles. The molecule has 0 aromatic heterocycles. The molecule has 2 aliphatic carbocycles. The van der Waals surface area contributed by atoms with E-state index in [4.69, 9.17) is 11.5 Å². The molecule has 0 radical (unpaired) electrons. The Kier molecular flexibility index (Phi) is 4.07. The molecule has 0 heterocycles. The smallest absolute Gasteiger partial charge is 0.252 e. The zero-order chi connectivity index (χ0) is 16.6. The SMILES string of the molecule is CC(=O)Nc1cccc([C@@H]2C3CCC(C3)[C@H]2C(=O)N=C(N)N)c1. The van der Waals surface area contributed by atoms with Crippen molar-refractivity contribution in [2.75, 3.05) is 5.32 Å². The average Bonchev–Trinajstić information content (AvgIpc) is 3.06. The largest absolute Gasteiger partial charge is 0.370 e. The van der Waals surface area contributed by atoms with Gasteiger partial charge in [-0.1, -0.05) is 12.1 Å². The maximum Gasteiger partial charge on any atom is 0.252 e. The van der Waals surface area contributed by atoms with Gasteiger partial charge in [0.1, 0.15) is 0 Å². The zero-order valence-corrected chi connectivity index (χ0v) is 13.2. The summed E-state index contributed by atoms with van der Waals surface area (Å²) in [5.74, 6) is 0.293. The maximum atomic E-state index is 12.5. The molecule has 3 rings (SSSR count). The van der Waals surface area contributed by atoms with Gasteiger partial charge in [-0.05, 0) is 54.7 Å². The summed E-state index contributed by atoms with van der Waals surface area (Å²) in [5.41, 5.74) is 12.6. The minimum Gasteiger partial charge on any atom is -0.370 e. The molecule has 0 spiro atoms. The summed E-state index contributed by atoms with van der Waals surface area (Å²) in [6.07, 6.45) is 3.24. The minimum absolute atomic E-state index is 0.108. The molecule has 23 heavy (non-hydrogen) atoms. The van der Waals surface area contributed by atoms with E-state index < -0.39 is 0 Å². The van der Waals surface area contributed by atoms with Crippen LogP contribution in [0.5, 0.6) is 0 Å². The second-order valence-corrected chi connectivity index (χ2v) is 6.57. The van der Waals surface area contributed by atoms with E-state index in [1.54, 1.807) is 0 Å². The van der Waals surface area contributed by atoms with E-state index in [1.807, 2.05) is 24.3 Å². The lowest BCUT2D eigenvalue weighted by Gasteiger charge is -2.29. The molecular weight excluding hydrogens is 292 g/mol. The number of anilines is 1. The minimum atomic E-state index is -0.216. The van der Waals surface area contributed by atoms with Crippen LogP contribution in [-0.4, -0.2) is 17.8 Å². The van der Waals surface area contributed by atoms with Crippen LogP contribution in [-0.2, 0) is 9.59 Å².